The Morgan fingerprint density at radius 2 is 1.78 bits per heavy atom. The summed E-state index contributed by atoms with van der Waals surface area (Å²) in [5, 5.41) is 2.98. The van der Waals surface area contributed by atoms with Gasteiger partial charge in [-0.15, -0.1) is 0 Å². The Morgan fingerprint density at radius 3 is 2.41 bits per heavy atom. The first-order chi connectivity index (χ1) is 15.4. The van der Waals surface area contributed by atoms with Gasteiger partial charge in [0.25, 0.3) is 5.91 Å². The van der Waals surface area contributed by atoms with Crippen LogP contribution >= 0.6 is 11.8 Å². The zero-order valence-corrected chi connectivity index (χ0v) is 19.6. The highest BCUT2D eigenvalue weighted by molar-refractivity contribution is 7.98. The summed E-state index contributed by atoms with van der Waals surface area (Å²) < 4.78 is 28.0. The van der Waals surface area contributed by atoms with Crippen molar-refractivity contribution in [2.45, 2.75) is 36.2 Å². The summed E-state index contributed by atoms with van der Waals surface area (Å²) in [6.45, 7) is 1.05. The molecule has 0 aliphatic carbocycles. The van der Waals surface area contributed by atoms with Crippen molar-refractivity contribution in [1.29, 1.82) is 0 Å². The van der Waals surface area contributed by atoms with Crippen molar-refractivity contribution in [1.82, 2.24) is 19.9 Å². The van der Waals surface area contributed by atoms with E-state index in [4.69, 9.17) is 0 Å². The molecule has 32 heavy (non-hydrogen) atoms. The van der Waals surface area contributed by atoms with E-state index in [1.807, 2.05) is 6.26 Å². The summed E-state index contributed by atoms with van der Waals surface area (Å²) in [4.78, 5) is 31.3. The second-order valence-corrected chi connectivity index (χ2v) is 10.3. The Kier molecular flexibility index (Phi) is 8.66. The molecule has 0 saturated carbocycles. The van der Waals surface area contributed by atoms with Gasteiger partial charge in [-0.05, 0) is 55.5 Å². The van der Waals surface area contributed by atoms with E-state index in [0.717, 1.165) is 0 Å². The van der Waals surface area contributed by atoms with Crippen LogP contribution in [0.1, 0.15) is 29.6 Å². The highest BCUT2D eigenvalue weighted by atomic mass is 32.2. The van der Waals surface area contributed by atoms with Crippen LogP contribution in [0.4, 0.5) is 0 Å². The standard InChI is InChI=1S/C22H28N4O4S2/c1-31-16-11-20(25-32(29,30)19-5-3-2-4-6-19)21(27)24-18-9-14-26(15-10-18)22(28)17-7-12-23-13-8-17/h2-8,12-13,18,20,25H,9-11,14-16H2,1H3,(H,24,27). The number of sulfonamides is 1. The zero-order chi connectivity index (χ0) is 23.0. The summed E-state index contributed by atoms with van der Waals surface area (Å²) in [6.07, 6.45) is 6.71. The Bertz CT molecular complexity index is 995. The van der Waals surface area contributed by atoms with Crippen molar-refractivity contribution in [3.05, 3.63) is 60.4 Å². The molecule has 1 unspecified atom stereocenters. The van der Waals surface area contributed by atoms with E-state index in [2.05, 4.69) is 15.0 Å². The van der Waals surface area contributed by atoms with E-state index in [1.165, 1.54) is 12.1 Å². The van der Waals surface area contributed by atoms with Crippen molar-refractivity contribution < 1.29 is 18.0 Å². The number of nitrogens with one attached hydrogen (secondary N) is 2. The summed E-state index contributed by atoms with van der Waals surface area (Å²) in [5.41, 5.74) is 0.593. The first kappa shape index (κ1) is 24.2. The van der Waals surface area contributed by atoms with E-state index < -0.39 is 16.1 Å². The van der Waals surface area contributed by atoms with Gasteiger partial charge in [-0.25, -0.2) is 8.42 Å². The number of rotatable bonds is 9. The minimum atomic E-state index is -3.80. The zero-order valence-electron chi connectivity index (χ0n) is 17.9. The molecular weight excluding hydrogens is 448 g/mol. The maximum Gasteiger partial charge on any atom is 0.253 e. The average Bonchev–Trinajstić information content (AvgIpc) is 2.83. The van der Waals surface area contributed by atoms with Crippen molar-refractivity contribution in [2.24, 2.45) is 0 Å². The van der Waals surface area contributed by atoms with Gasteiger partial charge in [-0.2, -0.15) is 16.5 Å². The van der Waals surface area contributed by atoms with Crippen LogP contribution < -0.4 is 10.0 Å². The molecule has 172 valence electrons. The van der Waals surface area contributed by atoms with E-state index in [1.54, 1.807) is 59.4 Å². The van der Waals surface area contributed by atoms with Crippen LogP contribution in [0.5, 0.6) is 0 Å². The number of aromatic nitrogens is 1. The van der Waals surface area contributed by atoms with Crippen LogP contribution in [0.25, 0.3) is 0 Å². The molecule has 1 aromatic heterocycles. The van der Waals surface area contributed by atoms with Crippen LogP contribution in [0.3, 0.4) is 0 Å². The van der Waals surface area contributed by atoms with Crippen molar-refractivity contribution >= 4 is 33.6 Å². The molecule has 1 aliphatic heterocycles. The smallest absolute Gasteiger partial charge is 0.253 e. The van der Waals surface area contributed by atoms with Crippen LogP contribution in [0, 0.1) is 0 Å². The number of pyridine rings is 1. The number of carbonyl (C=O) groups is 2. The molecule has 2 aromatic rings. The SMILES string of the molecule is CSCCC(NS(=O)(=O)c1ccccc1)C(=O)NC1CCN(C(=O)c2ccncc2)CC1. The molecule has 8 nitrogen and oxygen atoms in total. The van der Waals surface area contributed by atoms with E-state index >= 15 is 0 Å². The van der Waals surface area contributed by atoms with Gasteiger partial charge in [0, 0.05) is 37.1 Å². The number of likely N-dealkylation sites (tertiary alicyclic amines) is 1. The minimum Gasteiger partial charge on any atom is -0.352 e. The Morgan fingerprint density at radius 1 is 1.12 bits per heavy atom. The fourth-order valence-corrected chi connectivity index (χ4v) is 5.26. The fourth-order valence-electron chi connectivity index (χ4n) is 3.54. The van der Waals surface area contributed by atoms with Gasteiger partial charge in [-0.3, -0.25) is 14.6 Å². The predicted octanol–water partition coefficient (Wildman–Crippen LogP) is 1.90. The third kappa shape index (κ3) is 6.54. The molecule has 2 heterocycles. The number of carbonyl (C=O) groups excluding carboxylic acids is 2. The maximum absolute atomic E-state index is 12.9. The van der Waals surface area contributed by atoms with Gasteiger partial charge in [0.1, 0.15) is 6.04 Å². The Labute approximate surface area is 193 Å². The number of hydrogen-bond acceptors (Lipinski definition) is 6. The lowest BCUT2D eigenvalue weighted by Gasteiger charge is -2.33. The van der Waals surface area contributed by atoms with Crippen LogP contribution in [0.15, 0.2) is 59.8 Å². The highest BCUT2D eigenvalue weighted by Crippen LogP contribution is 2.15. The molecule has 0 radical (unpaired) electrons. The van der Waals surface area contributed by atoms with Gasteiger partial charge < -0.3 is 10.2 Å². The molecule has 1 atom stereocenters. The molecule has 2 amide bonds. The molecule has 10 heteroatoms. The molecule has 0 spiro atoms. The van der Waals surface area contributed by atoms with Crippen LogP contribution in [0.2, 0.25) is 0 Å². The number of thioether (sulfide) groups is 1. The summed E-state index contributed by atoms with van der Waals surface area (Å²) in [7, 11) is -3.80. The van der Waals surface area contributed by atoms with E-state index in [9.17, 15) is 18.0 Å². The molecule has 1 aliphatic rings. The Hall–Kier alpha value is -2.43. The molecule has 1 fully saturated rings. The maximum atomic E-state index is 12.9. The fraction of sp³-hybridized carbons (Fsp3) is 0.409. The molecule has 0 bridgehead atoms. The second kappa shape index (κ2) is 11.4. The number of piperidine rings is 1. The highest BCUT2D eigenvalue weighted by Gasteiger charge is 2.29. The molecule has 1 aromatic carbocycles. The van der Waals surface area contributed by atoms with Gasteiger partial charge >= 0.3 is 0 Å². The van der Waals surface area contributed by atoms with Crippen LogP contribution in [-0.2, 0) is 14.8 Å². The van der Waals surface area contributed by atoms with Gasteiger partial charge in [0.05, 0.1) is 4.90 Å². The minimum absolute atomic E-state index is 0.0503. The third-order valence-corrected chi connectivity index (χ3v) is 7.47. The molecule has 1 saturated heterocycles. The first-order valence-electron chi connectivity index (χ1n) is 10.5. The topological polar surface area (TPSA) is 108 Å². The predicted molar refractivity (Wildman–Crippen MR) is 125 cm³/mol. The first-order valence-corrected chi connectivity index (χ1v) is 13.3. The number of benzene rings is 1. The number of amides is 2. The summed E-state index contributed by atoms with van der Waals surface area (Å²) in [5.74, 6) is 0.261. The van der Waals surface area contributed by atoms with Crippen molar-refractivity contribution in [3.63, 3.8) is 0 Å². The van der Waals surface area contributed by atoms with E-state index in [-0.39, 0.29) is 22.8 Å². The quantitative estimate of drug-likeness (QED) is 0.572. The lowest BCUT2D eigenvalue weighted by atomic mass is 10.0. The number of nitrogens with zero attached hydrogens (tertiary/aromatic N) is 2. The molecular formula is C22H28N4O4S2. The van der Waals surface area contributed by atoms with Crippen molar-refractivity contribution in [3.8, 4) is 0 Å². The van der Waals surface area contributed by atoms with Crippen LogP contribution in [-0.4, -0.2) is 67.3 Å². The average molecular weight is 477 g/mol. The third-order valence-electron chi connectivity index (χ3n) is 5.33. The summed E-state index contributed by atoms with van der Waals surface area (Å²) in [6, 6.07) is 10.4. The summed E-state index contributed by atoms with van der Waals surface area (Å²) >= 11 is 1.55. The van der Waals surface area contributed by atoms with Gasteiger partial charge in [0.15, 0.2) is 0 Å². The molecule has 3 rings (SSSR count). The molecule has 2 N–H and O–H groups in total. The van der Waals surface area contributed by atoms with Gasteiger partial charge in [0.2, 0.25) is 15.9 Å². The lowest BCUT2D eigenvalue weighted by molar-refractivity contribution is -0.123. The monoisotopic (exact) mass is 476 g/mol. The largest absolute Gasteiger partial charge is 0.352 e. The normalized spacial score (nSPS) is 15.8. The second-order valence-electron chi connectivity index (χ2n) is 7.58. The van der Waals surface area contributed by atoms with E-state index in [0.29, 0.717) is 43.7 Å². The van der Waals surface area contributed by atoms with Crippen molar-refractivity contribution in [2.75, 3.05) is 25.1 Å². The number of hydrogen-bond donors (Lipinski definition) is 2. The van der Waals surface area contributed by atoms with Gasteiger partial charge in [-0.1, -0.05) is 18.2 Å². The Balaban J connectivity index is 1.58. The lowest BCUT2D eigenvalue weighted by Crippen LogP contribution is -2.52.